The smallest absolute Gasteiger partial charge is 0 e. The SMILES string of the molecule is Cc1[c-]n(C)c2ccccc12.[Y]. The van der Waals surface area contributed by atoms with Crippen molar-refractivity contribution in [1.82, 2.24) is 4.57 Å². The summed E-state index contributed by atoms with van der Waals surface area (Å²) in [4.78, 5) is 0. The molecule has 12 heavy (non-hydrogen) atoms. The van der Waals surface area contributed by atoms with E-state index >= 15 is 0 Å². The number of aromatic nitrogens is 1. The Bertz CT molecular complexity index is 354. The molecule has 1 nitrogen and oxygen atoms in total. The third kappa shape index (κ3) is 1.48. The molecule has 0 fully saturated rings. The molecule has 0 saturated heterocycles. The molecule has 2 heteroatoms. The molecule has 1 aromatic heterocycles. The summed E-state index contributed by atoms with van der Waals surface area (Å²) in [6.45, 7) is 2.09. The molecular weight excluding hydrogens is 223 g/mol. The minimum atomic E-state index is 0. The summed E-state index contributed by atoms with van der Waals surface area (Å²) in [5, 5.41) is 1.30. The summed E-state index contributed by atoms with van der Waals surface area (Å²) in [6, 6.07) is 8.35. The zero-order valence-electron chi connectivity index (χ0n) is 7.33. The molecule has 0 amide bonds. The van der Waals surface area contributed by atoms with Crippen LogP contribution >= 0.6 is 0 Å². The van der Waals surface area contributed by atoms with Crippen molar-refractivity contribution in [2.24, 2.45) is 7.05 Å². The van der Waals surface area contributed by atoms with E-state index in [1.165, 1.54) is 16.5 Å². The van der Waals surface area contributed by atoms with Crippen LogP contribution < -0.4 is 0 Å². The summed E-state index contributed by atoms with van der Waals surface area (Å²) < 4.78 is 2.03. The first kappa shape index (κ1) is 9.95. The summed E-state index contributed by atoms with van der Waals surface area (Å²) in [5.74, 6) is 0. The van der Waals surface area contributed by atoms with Crippen LogP contribution in [-0.4, -0.2) is 4.57 Å². The number of aryl methyl sites for hydroxylation is 2. The van der Waals surface area contributed by atoms with Gasteiger partial charge < -0.3 is 4.57 Å². The Labute approximate surface area is 97.6 Å². The van der Waals surface area contributed by atoms with Gasteiger partial charge in [-0.1, -0.05) is 19.1 Å². The van der Waals surface area contributed by atoms with Gasteiger partial charge >= 0.3 is 0 Å². The minimum absolute atomic E-state index is 0. The quantitative estimate of drug-likeness (QED) is 0.615. The number of fused-ring (bicyclic) bond motifs is 1. The van der Waals surface area contributed by atoms with Crippen molar-refractivity contribution < 1.29 is 32.7 Å². The van der Waals surface area contributed by atoms with Gasteiger partial charge in [0.25, 0.3) is 0 Å². The summed E-state index contributed by atoms with van der Waals surface area (Å²) >= 11 is 0. The molecule has 0 unspecified atom stereocenters. The van der Waals surface area contributed by atoms with Crippen molar-refractivity contribution in [3.63, 3.8) is 0 Å². The molecule has 2 rings (SSSR count). The van der Waals surface area contributed by atoms with Crippen molar-refractivity contribution in [3.05, 3.63) is 36.0 Å². The molecular formula is C10H10NY-. The fourth-order valence-corrected chi connectivity index (χ4v) is 1.46. The van der Waals surface area contributed by atoms with Gasteiger partial charge in [0, 0.05) is 32.7 Å². The normalized spacial score (nSPS) is 9.83. The van der Waals surface area contributed by atoms with E-state index in [1.807, 2.05) is 11.6 Å². The predicted molar refractivity (Wildman–Crippen MR) is 46.5 cm³/mol. The Hall–Kier alpha value is -0.136. The predicted octanol–water partition coefficient (Wildman–Crippen LogP) is 2.28. The molecule has 0 aliphatic rings. The first-order chi connectivity index (χ1) is 5.29. The maximum atomic E-state index is 3.23. The molecule has 0 bridgehead atoms. The third-order valence-electron chi connectivity index (χ3n) is 2.00. The zero-order chi connectivity index (χ0) is 7.84. The van der Waals surface area contributed by atoms with Crippen molar-refractivity contribution in [2.45, 2.75) is 6.92 Å². The fraction of sp³-hybridized carbons (Fsp3) is 0.200. The van der Waals surface area contributed by atoms with E-state index < -0.39 is 0 Å². The summed E-state index contributed by atoms with van der Waals surface area (Å²) in [5.41, 5.74) is 2.48. The Morgan fingerprint density at radius 1 is 1.25 bits per heavy atom. The van der Waals surface area contributed by atoms with Crippen LogP contribution in [0.2, 0.25) is 0 Å². The van der Waals surface area contributed by atoms with E-state index in [4.69, 9.17) is 0 Å². The van der Waals surface area contributed by atoms with Crippen LogP contribution in [0.1, 0.15) is 5.56 Å². The molecule has 0 spiro atoms. The second-order valence-electron chi connectivity index (χ2n) is 2.81. The zero-order valence-corrected chi connectivity index (χ0v) is 10.2. The molecule has 0 aliphatic carbocycles. The summed E-state index contributed by atoms with van der Waals surface area (Å²) in [7, 11) is 2.02. The Kier molecular flexibility index (Phi) is 3.08. The standard InChI is InChI=1S/C10H10N.Y/c1-8-7-11(2)10-6-4-3-5-9(8)10;/h3-6H,1-2H3;/q-1;. The monoisotopic (exact) mass is 233 g/mol. The molecule has 59 valence electrons. The number of benzene rings is 1. The average molecular weight is 233 g/mol. The van der Waals surface area contributed by atoms with Crippen LogP contribution in [0.4, 0.5) is 0 Å². The molecule has 2 aromatic rings. The second kappa shape index (κ2) is 3.72. The van der Waals surface area contributed by atoms with Crippen LogP contribution in [-0.2, 0) is 39.8 Å². The second-order valence-corrected chi connectivity index (χ2v) is 2.81. The van der Waals surface area contributed by atoms with Gasteiger partial charge in [-0.05, 0) is 7.05 Å². The van der Waals surface area contributed by atoms with E-state index in [9.17, 15) is 0 Å². The molecule has 1 heterocycles. The van der Waals surface area contributed by atoms with Crippen molar-refractivity contribution >= 4 is 10.9 Å². The number of para-hydroxylation sites is 1. The molecule has 0 N–H and O–H groups in total. The maximum absolute atomic E-state index is 3.23. The number of rotatable bonds is 0. The Morgan fingerprint density at radius 3 is 2.58 bits per heavy atom. The van der Waals surface area contributed by atoms with Gasteiger partial charge in [0.2, 0.25) is 0 Å². The van der Waals surface area contributed by atoms with Gasteiger partial charge in [0.1, 0.15) is 0 Å². The van der Waals surface area contributed by atoms with E-state index in [0.717, 1.165) is 0 Å². The maximum Gasteiger partial charge on any atom is 0 e. The van der Waals surface area contributed by atoms with Crippen LogP contribution in [0.15, 0.2) is 24.3 Å². The third-order valence-corrected chi connectivity index (χ3v) is 2.00. The van der Waals surface area contributed by atoms with Crippen LogP contribution in [0.5, 0.6) is 0 Å². The minimum Gasteiger partial charge on any atom is -0.466 e. The number of hydrogen-bond donors (Lipinski definition) is 0. The molecule has 0 saturated carbocycles. The van der Waals surface area contributed by atoms with Crippen molar-refractivity contribution in [1.29, 1.82) is 0 Å². The largest absolute Gasteiger partial charge is 0.466 e. The van der Waals surface area contributed by atoms with E-state index in [0.29, 0.717) is 0 Å². The van der Waals surface area contributed by atoms with E-state index in [1.54, 1.807) is 0 Å². The van der Waals surface area contributed by atoms with Gasteiger partial charge in [-0.25, -0.2) is 0 Å². The number of nitrogens with zero attached hydrogens (tertiary/aromatic N) is 1. The first-order valence-corrected chi connectivity index (χ1v) is 3.72. The van der Waals surface area contributed by atoms with Gasteiger partial charge in [-0.3, -0.25) is 0 Å². The van der Waals surface area contributed by atoms with E-state index in [2.05, 4.69) is 37.4 Å². The van der Waals surface area contributed by atoms with Crippen molar-refractivity contribution in [2.75, 3.05) is 0 Å². The van der Waals surface area contributed by atoms with Crippen molar-refractivity contribution in [3.8, 4) is 0 Å². The Balaban J connectivity index is 0.000000720. The molecule has 0 atom stereocenters. The van der Waals surface area contributed by atoms with Crippen LogP contribution in [0.25, 0.3) is 10.9 Å². The fourth-order valence-electron chi connectivity index (χ4n) is 1.46. The molecule has 1 radical (unpaired) electrons. The molecule has 1 aromatic carbocycles. The van der Waals surface area contributed by atoms with Gasteiger partial charge in [0.05, 0.1) is 0 Å². The molecule has 0 aliphatic heterocycles. The first-order valence-electron chi connectivity index (χ1n) is 3.72. The van der Waals surface area contributed by atoms with E-state index in [-0.39, 0.29) is 32.7 Å². The van der Waals surface area contributed by atoms with Crippen LogP contribution in [0.3, 0.4) is 0 Å². The average Bonchev–Trinajstić information content (AvgIpc) is 2.30. The Morgan fingerprint density at radius 2 is 1.92 bits per heavy atom. The topological polar surface area (TPSA) is 4.93 Å². The summed E-state index contributed by atoms with van der Waals surface area (Å²) in [6.07, 6.45) is 3.23. The van der Waals surface area contributed by atoms with Gasteiger partial charge in [0.15, 0.2) is 0 Å². The van der Waals surface area contributed by atoms with Crippen LogP contribution in [0, 0.1) is 13.1 Å². The number of hydrogen-bond acceptors (Lipinski definition) is 0. The van der Waals surface area contributed by atoms with Gasteiger partial charge in [-0.15, -0.1) is 23.8 Å². The van der Waals surface area contributed by atoms with Gasteiger partial charge in [-0.2, -0.15) is 10.9 Å².